The smallest absolute Gasteiger partial charge is 0.243 e. The molecule has 1 aliphatic rings. The van der Waals surface area contributed by atoms with E-state index in [1.54, 1.807) is 11.8 Å². The van der Waals surface area contributed by atoms with Crippen LogP contribution in [0.4, 0.5) is 0 Å². The SMILES string of the molecule is Cc1cccc(CN(C(=O)CCSc2ccc(Cl)cc2)[C@H](Cc2ccccc2)C(=O)NC2CCCCC2)c1. The van der Waals surface area contributed by atoms with Crippen molar-refractivity contribution in [2.24, 2.45) is 0 Å². The fraction of sp³-hybridized carbons (Fsp3) is 0.375. The maximum Gasteiger partial charge on any atom is 0.243 e. The summed E-state index contributed by atoms with van der Waals surface area (Å²) in [6, 6.07) is 25.5. The zero-order chi connectivity index (χ0) is 26.7. The Labute approximate surface area is 236 Å². The second-order valence-corrected chi connectivity index (χ2v) is 11.7. The minimum atomic E-state index is -0.576. The molecule has 0 radical (unpaired) electrons. The van der Waals surface area contributed by atoms with Gasteiger partial charge in [0.25, 0.3) is 0 Å². The Hall–Kier alpha value is -2.76. The van der Waals surface area contributed by atoms with E-state index in [1.165, 1.54) is 6.42 Å². The van der Waals surface area contributed by atoms with Gasteiger partial charge in [0, 0.05) is 41.1 Å². The van der Waals surface area contributed by atoms with Crippen LogP contribution < -0.4 is 5.32 Å². The van der Waals surface area contributed by atoms with E-state index >= 15 is 0 Å². The van der Waals surface area contributed by atoms with Crippen molar-refractivity contribution in [1.29, 1.82) is 0 Å². The predicted molar refractivity (Wildman–Crippen MR) is 157 cm³/mol. The number of benzene rings is 3. The lowest BCUT2D eigenvalue weighted by Gasteiger charge is -2.33. The number of rotatable bonds is 11. The van der Waals surface area contributed by atoms with Gasteiger partial charge in [-0.15, -0.1) is 11.8 Å². The Morgan fingerprint density at radius 2 is 1.66 bits per heavy atom. The first-order valence-electron chi connectivity index (χ1n) is 13.6. The highest BCUT2D eigenvalue weighted by Crippen LogP contribution is 2.23. The van der Waals surface area contributed by atoms with Crippen LogP contribution in [-0.4, -0.2) is 34.6 Å². The molecule has 4 rings (SSSR count). The van der Waals surface area contributed by atoms with Gasteiger partial charge in [-0.3, -0.25) is 9.59 Å². The van der Waals surface area contributed by atoms with E-state index in [1.807, 2.05) is 71.6 Å². The summed E-state index contributed by atoms with van der Waals surface area (Å²) < 4.78 is 0. The molecule has 4 nitrogen and oxygen atoms in total. The van der Waals surface area contributed by atoms with Gasteiger partial charge in [0.15, 0.2) is 0 Å². The second-order valence-electron chi connectivity index (χ2n) is 10.1. The van der Waals surface area contributed by atoms with Crippen molar-refractivity contribution in [2.75, 3.05) is 5.75 Å². The van der Waals surface area contributed by atoms with E-state index in [4.69, 9.17) is 11.6 Å². The van der Waals surface area contributed by atoms with Gasteiger partial charge in [-0.05, 0) is 55.2 Å². The fourth-order valence-corrected chi connectivity index (χ4v) is 6.00. The molecule has 0 aromatic heterocycles. The Kier molecular flexibility index (Phi) is 10.7. The zero-order valence-corrected chi connectivity index (χ0v) is 23.6. The second kappa shape index (κ2) is 14.4. The molecule has 1 aliphatic carbocycles. The van der Waals surface area contributed by atoms with E-state index in [0.29, 0.717) is 30.2 Å². The third-order valence-corrected chi connectivity index (χ3v) is 8.32. The molecule has 3 aromatic rings. The third kappa shape index (κ3) is 8.64. The fourth-order valence-electron chi connectivity index (χ4n) is 5.04. The van der Waals surface area contributed by atoms with Crippen LogP contribution in [0.5, 0.6) is 0 Å². The van der Waals surface area contributed by atoms with E-state index < -0.39 is 6.04 Å². The number of thioether (sulfide) groups is 1. The van der Waals surface area contributed by atoms with Gasteiger partial charge in [0.1, 0.15) is 6.04 Å². The minimum absolute atomic E-state index is 0.00676. The number of nitrogens with one attached hydrogen (secondary N) is 1. The van der Waals surface area contributed by atoms with Crippen LogP contribution in [0.25, 0.3) is 0 Å². The molecule has 0 spiro atoms. The minimum Gasteiger partial charge on any atom is -0.352 e. The summed E-state index contributed by atoms with van der Waals surface area (Å²) in [5.41, 5.74) is 3.22. The quantitative estimate of drug-likeness (QED) is 0.257. The highest BCUT2D eigenvalue weighted by molar-refractivity contribution is 7.99. The van der Waals surface area contributed by atoms with E-state index in [0.717, 1.165) is 47.3 Å². The highest BCUT2D eigenvalue weighted by atomic mass is 35.5. The first kappa shape index (κ1) is 28.3. The van der Waals surface area contributed by atoms with E-state index in [2.05, 4.69) is 24.4 Å². The van der Waals surface area contributed by atoms with Crippen LogP contribution in [0.1, 0.15) is 55.2 Å². The van der Waals surface area contributed by atoms with Crippen LogP contribution in [0.3, 0.4) is 0 Å². The molecule has 38 heavy (non-hydrogen) atoms. The monoisotopic (exact) mass is 548 g/mol. The van der Waals surface area contributed by atoms with Crippen molar-refractivity contribution >= 4 is 35.2 Å². The number of nitrogens with zero attached hydrogens (tertiary/aromatic N) is 1. The van der Waals surface area contributed by atoms with Gasteiger partial charge in [0.2, 0.25) is 11.8 Å². The first-order chi connectivity index (χ1) is 18.5. The summed E-state index contributed by atoms with van der Waals surface area (Å²) in [5.74, 6) is 0.576. The van der Waals surface area contributed by atoms with Gasteiger partial charge in [-0.1, -0.05) is 91.0 Å². The van der Waals surface area contributed by atoms with Crippen molar-refractivity contribution in [2.45, 2.75) is 75.4 Å². The van der Waals surface area contributed by atoms with Crippen LogP contribution in [-0.2, 0) is 22.6 Å². The van der Waals surface area contributed by atoms with Gasteiger partial charge in [0.05, 0.1) is 0 Å². The molecule has 200 valence electrons. The summed E-state index contributed by atoms with van der Waals surface area (Å²) in [7, 11) is 0. The van der Waals surface area contributed by atoms with Crippen LogP contribution in [0, 0.1) is 6.92 Å². The Balaban J connectivity index is 1.56. The van der Waals surface area contributed by atoms with Crippen molar-refractivity contribution in [1.82, 2.24) is 10.2 Å². The molecule has 0 aliphatic heterocycles. The molecule has 1 atom stereocenters. The molecule has 2 amide bonds. The molecule has 6 heteroatoms. The molecule has 0 bridgehead atoms. The topological polar surface area (TPSA) is 49.4 Å². The molecule has 0 unspecified atom stereocenters. The third-order valence-electron chi connectivity index (χ3n) is 7.06. The average Bonchev–Trinajstić information content (AvgIpc) is 2.93. The lowest BCUT2D eigenvalue weighted by atomic mass is 9.94. The molecule has 0 saturated heterocycles. The first-order valence-corrected chi connectivity index (χ1v) is 14.9. The number of hydrogen-bond donors (Lipinski definition) is 1. The maximum atomic E-state index is 13.8. The summed E-state index contributed by atoms with van der Waals surface area (Å²) in [4.78, 5) is 30.5. The predicted octanol–water partition coefficient (Wildman–Crippen LogP) is 7.22. The molecule has 1 N–H and O–H groups in total. The number of aryl methyl sites for hydroxylation is 1. The Bertz CT molecular complexity index is 1180. The lowest BCUT2D eigenvalue weighted by molar-refractivity contribution is -0.141. The average molecular weight is 549 g/mol. The number of halogens is 1. The van der Waals surface area contributed by atoms with Crippen molar-refractivity contribution in [3.05, 3.63) is 101 Å². The van der Waals surface area contributed by atoms with Crippen LogP contribution >= 0.6 is 23.4 Å². The number of amides is 2. The maximum absolute atomic E-state index is 13.8. The molecule has 0 heterocycles. The number of carbonyl (C=O) groups is 2. The normalized spacial score (nSPS) is 14.6. The number of carbonyl (C=O) groups excluding carboxylic acids is 2. The van der Waals surface area contributed by atoms with Crippen molar-refractivity contribution in [3.8, 4) is 0 Å². The largest absolute Gasteiger partial charge is 0.352 e. The summed E-state index contributed by atoms with van der Waals surface area (Å²) in [6.45, 7) is 2.46. The van der Waals surface area contributed by atoms with E-state index in [9.17, 15) is 9.59 Å². The standard InChI is InChI=1S/C32H37ClN2O2S/c1-24-9-8-12-26(21-24)23-35(31(36)19-20-38-29-17-15-27(33)16-18-29)30(22-25-10-4-2-5-11-25)32(37)34-28-13-6-3-7-14-28/h2,4-5,8-12,15-18,21,28,30H,3,6-7,13-14,19-20,22-23H2,1H3,(H,34,37)/t30-/m1/s1. The van der Waals surface area contributed by atoms with Crippen LogP contribution in [0.2, 0.25) is 5.02 Å². The lowest BCUT2D eigenvalue weighted by Crippen LogP contribution is -2.52. The number of hydrogen-bond acceptors (Lipinski definition) is 3. The zero-order valence-electron chi connectivity index (χ0n) is 22.1. The molecule has 3 aromatic carbocycles. The van der Waals surface area contributed by atoms with Gasteiger partial charge >= 0.3 is 0 Å². The van der Waals surface area contributed by atoms with Crippen LogP contribution in [0.15, 0.2) is 83.8 Å². The van der Waals surface area contributed by atoms with E-state index in [-0.39, 0.29) is 17.9 Å². The van der Waals surface area contributed by atoms with Gasteiger partial charge in [-0.25, -0.2) is 0 Å². The van der Waals surface area contributed by atoms with Crippen molar-refractivity contribution in [3.63, 3.8) is 0 Å². The van der Waals surface area contributed by atoms with Gasteiger partial charge < -0.3 is 10.2 Å². The summed E-state index contributed by atoms with van der Waals surface area (Å²) in [5, 5.41) is 4.01. The molecular formula is C32H37ClN2O2S. The molecular weight excluding hydrogens is 512 g/mol. The summed E-state index contributed by atoms with van der Waals surface area (Å²) >= 11 is 7.65. The Morgan fingerprint density at radius 1 is 0.947 bits per heavy atom. The Morgan fingerprint density at radius 3 is 2.37 bits per heavy atom. The van der Waals surface area contributed by atoms with Gasteiger partial charge in [-0.2, -0.15) is 0 Å². The van der Waals surface area contributed by atoms with Crippen molar-refractivity contribution < 1.29 is 9.59 Å². The highest BCUT2D eigenvalue weighted by Gasteiger charge is 2.31. The molecule has 1 fully saturated rings. The summed E-state index contributed by atoms with van der Waals surface area (Å²) in [6.07, 6.45) is 6.36. The molecule has 1 saturated carbocycles.